The Kier molecular flexibility index (Phi) is 5.05. The molecule has 2 heterocycles. The lowest BCUT2D eigenvalue weighted by molar-refractivity contribution is 0.641. The predicted molar refractivity (Wildman–Crippen MR) is 106 cm³/mol. The van der Waals surface area contributed by atoms with Gasteiger partial charge in [0, 0.05) is 19.6 Å². The highest BCUT2D eigenvalue weighted by atomic mass is 15.4. The lowest BCUT2D eigenvalue weighted by atomic mass is 10.1. The number of rotatable bonds is 7. The third-order valence-electron chi connectivity index (χ3n) is 4.61. The Bertz CT molecular complexity index is 997. The molecule has 4 aromatic rings. The van der Waals surface area contributed by atoms with E-state index in [0.29, 0.717) is 0 Å². The summed E-state index contributed by atoms with van der Waals surface area (Å²) in [6.07, 6.45) is 2.54. The van der Waals surface area contributed by atoms with E-state index in [1.165, 1.54) is 11.1 Å². The molecule has 0 saturated heterocycles. The molecule has 6 heteroatoms. The van der Waals surface area contributed by atoms with Gasteiger partial charge in [-0.1, -0.05) is 65.9 Å². The van der Waals surface area contributed by atoms with E-state index >= 15 is 0 Å². The number of anilines is 1. The zero-order valence-corrected chi connectivity index (χ0v) is 15.4. The quantitative estimate of drug-likeness (QED) is 0.506. The third-order valence-corrected chi connectivity index (χ3v) is 4.61. The van der Waals surface area contributed by atoms with Gasteiger partial charge in [0.05, 0.1) is 0 Å². The standard InChI is InChI=1S/C21H22N6/c1-2-27-21-19(24-25-27)20(22-16-23-21)26(15-18-11-7-4-8-12-18)14-13-17-9-5-3-6-10-17/h3-12,16H,2,13-15H2,1H3. The molecule has 0 unspecified atom stereocenters. The predicted octanol–water partition coefficient (Wildman–Crippen LogP) is 3.49. The first kappa shape index (κ1) is 17.1. The minimum absolute atomic E-state index is 0.732. The molecule has 0 aliphatic carbocycles. The first-order chi connectivity index (χ1) is 13.3. The minimum atomic E-state index is 0.732. The number of hydrogen-bond donors (Lipinski definition) is 0. The number of aromatic nitrogens is 5. The highest BCUT2D eigenvalue weighted by Gasteiger charge is 2.17. The summed E-state index contributed by atoms with van der Waals surface area (Å²) in [5.74, 6) is 0.833. The zero-order valence-electron chi connectivity index (χ0n) is 15.4. The lowest BCUT2D eigenvalue weighted by Gasteiger charge is -2.24. The highest BCUT2D eigenvalue weighted by Crippen LogP contribution is 2.23. The summed E-state index contributed by atoms with van der Waals surface area (Å²) >= 11 is 0. The second kappa shape index (κ2) is 7.95. The first-order valence-electron chi connectivity index (χ1n) is 9.22. The van der Waals surface area contributed by atoms with E-state index < -0.39 is 0 Å². The molecule has 27 heavy (non-hydrogen) atoms. The average Bonchev–Trinajstić information content (AvgIpc) is 3.16. The normalized spacial score (nSPS) is 11.0. The Hall–Kier alpha value is -3.28. The second-order valence-electron chi connectivity index (χ2n) is 6.42. The molecule has 0 fully saturated rings. The van der Waals surface area contributed by atoms with Crippen LogP contribution < -0.4 is 4.90 Å². The van der Waals surface area contributed by atoms with Crippen molar-refractivity contribution in [2.45, 2.75) is 26.4 Å². The molecule has 0 atom stereocenters. The van der Waals surface area contributed by atoms with Crippen LogP contribution in [0.5, 0.6) is 0 Å². The summed E-state index contributed by atoms with van der Waals surface area (Å²) in [7, 11) is 0. The van der Waals surface area contributed by atoms with Gasteiger partial charge >= 0.3 is 0 Å². The van der Waals surface area contributed by atoms with Crippen molar-refractivity contribution >= 4 is 17.0 Å². The fourth-order valence-corrected chi connectivity index (χ4v) is 3.20. The molecule has 2 aromatic carbocycles. The molecule has 0 radical (unpaired) electrons. The van der Waals surface area contributed by atoms with E-state index in [1.807, 2.05) is 19.1 Å². The topological polar surface area (TPSA) is 59.7 Å². The molecule has 4 rings (SSSR count). The molecule has 0 bridgehead atoms. The van der Waals surface area contributed by atoms with Crippen LogP contribution in [0, 0.1) is 0 Å². The Morgan fingerprint density at radius 1 is 0.889 bits per heavy atom. The second-order valence-corrected chi connectivity index (χ2v) is 6.42. The number of nitrogens with zero attached hydrogens (tertiary/aromatic N) is 6. The van der Waals surface area contributed by atoms with Crippen LogP contribution in [0.1, 0.15) is 18.1 Å². The van der Waals surface area contributed by atoms with Crippen molar-refractivity contribution in [2.75, 3.05) is 11.4 Å². The highest BCUT2D eigenvalue weighted by molar-refractivity contribution is 5.82. The third kappa shape index (κ3) is 3.79. The Labute approximate surface area is 158 Å². The molecule has 6 nitrogen and oxygen atoms in total. The van der Waals surface area contributed by atoms with Crippen LogP contribution in [-0.4, -0.2) is 31.5 Å². The fraction of sp³-hybridized carbons (Fsp3) is 0.238. The van der Waals surface area contributed by atoms with E-state index in [2.05, 4.69) is 73.7 Å². The van der Waals surface area contributed by atoms with Gasteiger partial charge in [0.25, 0.3) is 0 Å². The van der Waals surface area contributed by atoms with Crippen LogP contribution in [0.25, 0.3) is 11.2 Å². The average molecular weight is 358 g/mol. The van der Waals surface area contributed by atoms with Crippen LogP contribution in [0.4, 0.5) is 5.82 Å². The summed E-state index contributed by atoms with van der Waals surface area (Å²) in [6, 6.07) is 20.9. The van der Waals surface area contributed by atoms with Crippen molar-refractivity contribution in [2.24, 2.45) is 0 Å². The van der Waals surface area contributed by atoms with Gasteiger partial charge < -0.3 is 4.90 Å². The molecule has 136 valence electrons. The smallest absolute Gasteiger partial charge is 0.183 e. The van der Waals surface area contributed by atoms with Crippen molar-refractivity contribution in [3.63, 3.8) is 0 Å². The largest absolute Gasteiger partial charge is 0.350 e. The Morgan fingerprint density at radius 2 is 1.59 bits per heavy atom. The summed E-state index contributed by atoms with van der Waals surface area (Å²) in [4.78, 5) is 11.2. The summed E-state index contributed by atoms with van der Waals surface area (Å²) in [5, 5.41) is 8.57. The molecular weight excluding hydrogens is 336 g/mol. The van der Waals surface area contributed by atoms with Crippen molar-refractivity contribution in [3.8, 4) is 0 Å². The van der Waals surface area contributed by atoms with Crippen molar-refractivity contribution in [3.05, 3.63) is 78.1 Å². The molecular formula is C21H22N6. The van der Waals surface area contributed by atoms with E-state index in [1.54, 1.807) is 11.0 Å². The monoisotopic (exact) mass is 358 g/mol. The maximum atomic E-state index is 4.56. The summed E-state index contributed by atoms with van der Waals surface area (Å²) in [5.41, 5.74) is 4.07. The van der Waals surface area contributed by atoms with Crippen LogP contribution in [0.15, 0.2) is 67.0 Å². The summed E-state index contributed by atoms with van der Waals surface area (Å²) < 4.78 is 1.80. The molecule has 0 spiro atoms. The number of aryl methyl sites for hydroxylation is 1. The van der Waals surface area contributed by atoms with Gasteiger partial charge in [0.2, 0.25) is 0 Å². The van der Waals surface area contributed by atoms with Crippen molar-refractivity contribution < 1.29 is 0 Å². The molecule has 0 saturated carbocycles. The van der Waals surface area contributed by atoms with E-state index in [9.17, 15) is 0 Å². The molecule has 0 aliphatic heterocycles. The van der Waals surface area contributed by atoms with E-state index in [-0.39, 0.29) is 0 Å². The van der Waals surface area contributed by atoms with Crippen LogP contribution in [0.3, 0.4) is 0 Å². The summed E-state index contributed by atoms with van der Waals surface area (Å²) in [6.45, 7) is 4.37. The number of hydrogen-bond acceptors (Lipinski definition) is 5. The van der Waals surface area contributed by atoms with E-state index in [0.717, 1.165) is 43.0 Å². The SMILES string of the molecule is CCn1nnc2c(N(CCc3ccccc3)Cc3ccccc3)ncnc21. The van der Waals surface area contributed by atoms with Gasteiger partial charge in [-0.2, -0.15) is 0 Å². The van der Waals surface area contributed by atoms with Gasteiger partial charge in [0.15, 0.2) is 17.0 Å². The van der Waals surface area contributed by atoms with Gasteiger partial charge in [-0.15, -0.1) is 5.10 Å². The molecule has 0 N–H and O–H groups in total. The number of fused-ring (bicyclic) bond motifs is 1. The lowest BCUT2D eigenvalue weighted by Crippen LogP contribution is -2.26. The minimum Gasteiger partial charge on any atom is -0.350 e. The maximum Gasteiger partial charge on any atom is 0.183 e. The van der Waals surface area contributed by atoms with Gasteiger partial charge in [-0.25, -0.2) is 14.6 Å². The van der Waals surface area contributed by atoms with Gasteiger partial charge in [-0.05, 0) is 24.5 Å². The zero-order chi connectivity index (χ0) is 18.5. The fourth-order valence-electron chi connectivity index (χ4n) is 3.20. The van der Waals surface area contributed by atoms with Crippen LogP contribution in [0.2, 0.25) is 0 Å². The first-order valence-corrected chi connectivity index (χ1v) is 9.22. The Balaban J connectivity index is 1.67. The molecule has 2 aromatic heterocycles. The molecule has 0 amide bonds. The van der Waals surface area contributed by atoms with E-state index in [4.69, 9.17) is 0 Å². The maximum absolute atomic E-state index is 4.56. The van der Waals surface area contributed by atoms with Gasteiger partial charge in [-0.3, -0.25) is 0 Å². The van der Waals surface area contributed by atoms with Crippen molar-refractivity contribution in [1.82, 2.24) is 25.0 Å². The Morgan fingerprint density at radius 3 is 2.30 bits per heavy atom. The van der Waals surface area contributed by atoms with Crippen molar-refractivity contribution in [1.29, 1.82) is 0 Å². The van der Waals surface area contributed by atoms with Crippen LogP contribution in [-0.2, 0) is 19.5 Å². The van der Waals surface area contributed by atoms with Gasteiger partial charge in [0.1, 0.15) is 6.33 Å². The van der Waals surface area contributed by atoms with Crippen LogP contribution >= 0.6 is 0 Å². The molecule has 0 aliphatic rings. The number of benzene rings is 2.